The van der Waals surface area contributed by atoms with Crippen LogP contribution in [0.2, 0.25) is 0 Å². The van der Waals surface area contributed by atoms with Gasteiger partial charge in [0, 0.05) is 6.42 Å². The van der Waals surface area contributed by atoms with Crippen molar-refractivity contribution in [2.45, 2.75) is 302 Å². The molecule has 0 aromatic rings. The standard InChI is InChI=1S/C60H117N2O6P/c1-6-8-10-12-14-16-18-20-22-24-25-26-27-28-29-30-31-32-33-34-35-36-37-38-40-42-44-46-48-50-52-54-60(64)61-58(57-68-69(65,66)67-56-55-62(3,4)5)59(63)53-51-49-47-45-43-41-39-23-21-19-17-15-13-11-9-7-2/h25-26,28-29,51,53,58-59,63H,6-24,27,30-50,52,54-57H2,1-5H3,(H-,61,64,65,66)/p+1/b26-25-,29-28-,53-51+. The monoisotopic (exact) mass is 994 g/mol. The van der Waals surface area contributed by atoms with Gasteiger partial charge in [0.05, 0.1) is 39.9 Å². The van der Waals surface area contributed by atoms with Gasteiger partial charge in [0.2, 0.25) is 5.91 Å². The number of unbranched alkanes of at least 4 members (excludes halogenated alkanes) is 38. The highest BCUT2D eigenvalue weighted by molar-refractivity contribution is 7.47. The number of aliphatic hydroxyl groups is 1. The number of nitrogens with one attached hydrogen (secondary N) is 1. The van der Waals surface area contributed by atoms with Crippen LogP contribution in [0.15, 0.2) is 36.5 Å². The van der Waals surface area contributed by atoms with Crippen LogP contribution in [-0.2, 0) is 18.4 Å². The minimum absolute atomic E-state index is 0.0626. The summed E-state index contributed by atoms with van der Waals surface area (Å²) >= 11 is 0. The Morgan fingerprint density at radius 2 is 0.826 bits per heavy atom. The first-order valence-corrected chi connectivity index (χ1v) is 31.4. The van der Waals surface area contributed by atoms with Gasteiger partial charge < -0.3 is 19.8 Å². The Kier molecular flexibility index (Phi) is 50.7. The fraction of sp³-hybridized carbons (Fsp3) is 0.883. The van der Waals surface area contributed by atoms with E-state index in [-0.39, 0.29) is 19.1 Å². The second-order valence-corrected chi connectivity index (χ2v) is 23.2. The quantitative estimate of drug-likeness (QED) is 0.0243. The summed E-state index contributed by atoms with van der Waals surface area (Å²) in [6.45, 7) is 4.85. The maximum Gasteiger partial charge on any atom is 0.472 e. The lowest BCUT2D eigenvalue weighted by atomic mass is 10.0. The normalized spacial score (nSPS) is 14.1. The Bertz CT molecular complexity index is 1220. The summed E-state index contributed by atoms with van der Waals surface area (Å²) < 4.78 is 23.7. The highest BCUT2D eigenvalue weighted by Gasteiger charge is 2.27. The van der Waals surface area contributed by atoms with Crippen molar-refractivity contribution in [2.75, 3.05) is 40.9 Å². The van der Waals surface area contributed by atoms with Crippen LogP contribution in [0.5, 0.6) is 0 Å². The number of carbonyl (C=O) groups is 1. The molecule has 3 N–H and O–H groups in total. The number of likely N-dealkylation sites (N-methyl/N-ethyl adjacent to an activating group) is 1. The molecule has 0 aromatic heterocycles. The number of allylic oxidation sites excluding steroid dienone is 5. The zero-order chi connectivity index (χ0) is 50.6. The van der Waals surface area contributed by atoms with Crippen LogP contribution in [0, 0.1) is 0 Å². The van der Waals surface area contributed by atoms with Crippen LogP contribution in [0.3, 0.4) is 0 Å². The van der Waals surface area contributed by atoms with E-state index in [0.29, 0.717) is 17.4 Å². The highest BCUT2D eigenvalue weighted by Crippen LogP contribution is 2.43. The Labute approximate surface area is 429 Å². The predicted molar refractivity (Wildman–Crippen MR) is 300 cm³/mol. The van der Waals surface area contributed by atoms with E-state index in [1.807, 2.05) is 27.2 Å². The summed E-state index contributed by atoms with van der Waals surface area (Å²) in [4.78, 5) is 23.3. The third-order valence-electron chi connectivity index (χ3n) is 13.6. The van der Waals surface area contributed by atoms with E-state index in [0.717, 1.165) is 44.9 Å². The Hall–Kier alpha value is -1.28. The molecule has 9 heteroatoms. The fourth-order valence-electron chi connectivity index (χ4n) is 8.90. The van der Waals surface area contributed by atoms with Gasteiger partial charge >= 0.3 is 7.82 Å². The molecule has 0 saturated heterocycles. The van der Waals surface area contributed by atoms with Crippen molar-refractivity contribution in [3.63, 3.8) is 0 Å². The molecular formula is C60H118N2O6P+. The molecule has 0 bridgehead atoms. The van der Waals surface area contributed by atoms with E-state index in [4.69, 9.17) is 9.05 Å². The van der Waals surface area contributed by atoms with Gasteiger partial charge in [-0.25, -0.2) is 4.57 Å². The molecule has 3 unspecified atom stereocenters. The Morgan fingerprint density at radius 3 is 1.19 bits per heavy atom. The van der Waals surface area contributed by atoms with Gasteiger partial charge in [-0.05, 0) is 51.4 Å². The number of carbonyl (C=O) groups excluding carboxylic acids is 1. The number of phosphoric ester groups is 1. The van der Waals surface area contributed by atoms with Crippen LogP contribution in [0.4, 0.5) is 0 Å². The minimum Gasteiger partial charge on any atom is -0.387 e. The average Bonchev–Trinajstić information content (AvgIpc) is 3.31. The van der Waals surface area contributed by atoms with E-state index in [2.05, 4.69) is 43.5 Å². The van der Waals surface area contributed by atoms with Gasteiger partial charge in [-0.1, -0.05) is 269 Å². The van der Waals surface area contributed by atoms with Crippen molar-refractivity contribution in [1.29, 1.82) is 0 Å². The second-order valence-electron chi connectivity index (χ2n) is 21.7. The first-order chi connectivity index (χ1) is 33.5. The zero-order valence-corrected chi connectivity index (χ0v) is 47.5. The molecule has 0 rings (SSSR count). The summed E-state index contributed by atoms with van der Waals surface area (Å²) in [5.41, 5.74) is 0. The van der Waals surface area contributed by atoms with Gasteiger partial charge in [-0.15, -0.1) is 0 Å². The first kappa shape index (κ1) is 67.7. The van der Waals surface area contributed by atoms with Gasteiger partial charge in [-0.2, -0.15) is 0 Å². The lowest BCUT2D eigenvalue weighted by Crippen LogP contribution is -2.45. The summed E-state index contributed by atoms with van der Waals surface area (Å²) in [6, 6.07) is -0.846. The molecule has 0 aliphatic carbocycles. The van der Waals surface area contributed by atoms with Gasteiger partial charge in [-0.3, -0.25) is 13.8 Å². The summed E-state index contributed by atoms with van der Waals surface area (Å²) in [5.74, 6) is -0.174. The number of quaternary nitrogens is 1. The second kappa shape index (κ2) is 51.6. The van der Waals surface area contributed by atoms with Crippen LogP contribution >= 0.6 is 7.82 Å². The molecule has 8 nitrogen and oxygen atoms in total. The van der Waals surface area contributed by atoms with Crippen LogP contribution in [-0.4, -0.2) is 73.4 Å². The number of amides is 1. The smallest absolute Gasteiger partial charge is 0.387 e. The van der Waals surface area contributed by atoms with Crippen LogP contribution in [0.25, 0.3) is 0 Å². The van der Waals surface area contributed by atoms with Crippen molar-refractivity contribution in [2.24, 2.45) is 0 Å². The number of rotatable bonds is 55. The number of hydrogen-bond acceptors (Lipinski definition) is 5. The summed E-state index contributed by atoms with van der Waals surface area (Å²) in [5, 5.41) is 13.9. The molecule has 69 heavy (non-hydrogen) atoms. The molecule has 408 valence electrons. The molecule has 0 fully saturated rings. The molecular weight excluding hydrogens is 876 g/mol. The van der Waals surface area contributed by atoms with E-state index in [1.165, 1.54) is 225 Å². The minimum atomic E-state index is -4.34. The maximum absolute atomic E-state index is 13.0. The fourth-order valence-corrected chi connectivity index (χ4v) is 9.63. The van der Waals surface area contributed by atoms with Gasteiger partial charge in [0.15, 0.2) is 0 Å². The molecule has 0 aromatic carbocycles. The Balaban J connectivity index is 4.08. The number of hydrogen-bond donors (Lipinski definition) is 3. The maximum atomic E-state index is 13.0. The van der Waals surface area contributed by atoms with Crippen molar-refractivity contribution in [3.8, 4) is 0 Å². The molecule has 0 aliphatic heterocycles. The third kappa shape index (κ3) is 54.3. The molecule has 0 aliphatic rings. The predicted octanol–water partition coefficient (Wildman–Crippen LogP) is 18.2. The lowest BCUT2D eigenvalue weighted by Gasteiger charge is -2.25. The molecule has 0 spiro atoms. The van der Waals surface area contributed by atoms with E-state index in [1.54, 1.807) is 6.08 Å². The van der Waals surface area contributed by atoms with E-state index >= 15 is 0 Å². The van der Waals surface area contributed by atoms with E-state index < -0.39 is 20.0 Å². The van der Waals surface area contributed by atoms with Gasteiger partial charge in [0.25, 0.3) is 0 Å². The molecule has 0 saturated carbocycles. The summed E-state index contributed by atoms with van der Waals surface area (Å²) in [6.07, 6.45) is 66.8. The largest absolute Gasteiger partial charge is 0.472 e. The SMILES string of the molecule is CCCCCCCCCCC/C=C\C/C=C\CCCCCCCCCCCCCCCCCC(=O)NC(COP(=O)(O)OCC[N+](C)(C)C)C(O)/C=C/CCCCCCCCCCCCCCCC. The van der Waals surface area contributed by atoms with Crippen LogP contribution in [0.1, 0.15) is 290 Å². The summed E-state index contributed by atoms with van der Waals surface area (Å²) in [7, 11) is 1.58. The van der Waals surface area contributed by atoms with Crippen molar-refractivity contribution in [1.82, 2.24) is 5.32 Å². The zero-order valence-electron chi connectivity index (χ0n) is 46.6. The number of phosphoric acid groups is 1. The van der Waals surface area contributed by atoms with Crippen molar-refractivity contribution in [3.05, 3.63) is 36.5 Å². The van der Waals surface area contributed by atoms with Crippen molar-refractivity contribution < 1.29 is 32.9 Å². The van der Waals surface area contributed by atoms with Gasteiger partial charge in [0.1, 0.15) is 13.2 Å². The average molecular weight is 995 g/mol. The van der Waals surface area contributed by atoms with E-state index in [9.17, 15) is 19.4 Å². The van der Waals surface area contributed by atoms with Crippen molar-refractivity contribution >= 4 is 13.7 Å². The topological polar surface area (TPSA) is 105 Å². The molecule has 1 amide bonds. The number of nitrogens with zero attached hydrogens (tertiary/aromatic N) is 1. The molecule has 3 atom stereocenters. The Morgan fingerprint density at radius 1 is 0.493 bits per heavy atom. The first-order valence-electron chi connectivity index (χ1n) is 29.9. The molecule has 0 radical (unpaired) electrons. The highest BCUT2D eigenvalue weighted by atomic mass is 31.2. The molecule has 0 heterocycles. The number of aliphatic hydroxyl groups excluding tert-OH is 1. The van der Waals surface area contributed by atoms with Crippen LogP contribution < -0.4 is 5.32 Å². The third-order valence-corrected chi connectivity index (χ3v) is 14.6. The lowest BCUT2D eigenvalue weighted by molar-refractivity contribution is -0.870.